The van der Waals surface area contributed by atoms with Gasteiger partial charge in [0.2, 0.25) is 0 Å². The number of hydrogen-bond acceptors (Lipinski definition) is 5. The van der Waals surface area contributed by atoms with Crippen LogP contribution in [0.2, 0.25) is 0 Å². The molecule has 0 aromatic heterocycles. The van der Waals surface area contributed by atoms with Crippen LogP contribution in [0.3, 0.4) is 0 Å². The summed E-state index contributed by atoms with van der Waals surface area (Å²) in [6.07, 6.45) is 0.756. The third kappa shape index (κ3) is 4.21. The molecule has 1 N–H and O–H groups in total. The Morgan fingerprint density at radius 2 is 2.04 bits per heavy atom. The number of amides is 1. The molecule has 0 radical (unpaired) electrons. The number of phenolic OH excluding ortho intramolecular Hbond substituents is 1. The fraction of sp³-hybridized carbons (Fsp3) is 0.263. The second-order valence-corrected chi connectivity index (χ2v) is 7.57. The average Bonchev–Trinajstić information content (AvgIpc) is 2.77. The van der Waals surface area contributed by atoms with E-state index < -0.39 is 41.4 Å². The summed E-state index contributed by atoms with van der Waals surface area (Å²) in [6.45, 7) is 1.90. The molecule has 0 aliphatic carbocycles. The van der Waals surface area contributed by atoms with Gasteiger partial charge in [-0.1, -0.05) is 19.1 Å². The van der Waals surface area contributed by atoms with Crippen LogP contribution in [-0.4, -0.2) is 35.4 Å². The topological polar surface area (TPSA) is 66.8 Å². The van der Waals surface area contributed by atoms with Crippen LogP contribution in [-0.2, 0) is 9.53 Å². The Labute approximate surface area is 158 Å². The molecule has 2 aromatic carbocycles. The van der Waals surface area contributed by atoms with Crippen molar-refractivity contribution in [1.82, 2.24) is 0 Å². The van der Waals surface area contributed by atoms with Gasteiger partial charge in [-0.15, -0.1) is 11.8 Å². The molecule has 1 amide bonds. The van der Waals surface area contributed by atoms with Crippen LogP contribution >= 0.6 is 11.8 Å². The van der Waals surface area contributed by atoms with E-state index >= 15 is 0 Å². The Balaban J connectivity index is 1.74. The Morgan fingerprint density at radius 3 is 2.78 bits per heavy atom. The van der Waals surface area contributed by atoms with Gasteiger partial charge in [0.15, 0.2) is 6.61 Å². The highest BCUT2D eigenvalue weighted by Crippen LogP contribution is 2.37. The van der Waals surface area contributed by atoms with E-state index in [1.54, 1.807) is 11.8 Å². The number of para-hydroxylation sites is 1. The lowest BCUT2D eigenvalue weighted by molar-refractivity contribution is -0.121. The molecule has 1 aliphatic rings. The highest BCUT2D eigenvalue weighted by Gasteiger charge is 2.26. The fourth-order valence-electron chi connectivity index (χ4n) is 2.79. The van der Waals surface area contributed by atoms with Crippen molar-refractivity contribution in [2.45, 2.75) is 23.5 Å². The summed E-state index contributed by atoms with van der Waals surface area (Å²) in [5.74, 6) is -4.85. The molecule has 8 heteroatoms. The van der Waals surface area contributed by atoms with Gasteiger partial charge in [0, 0.05) is 28.8 Å². The van der Waals surface area contributed by atoms with Crippen LogP contribution < -0.4 is 4.90 Å². The summed E-state index contributed by atoms with van der Waals surface area (Å²) >= 11 is 1.66. The van der Waals surface area contributed by atoms with Gasteiger partial charge in [0.25, 0.3) is 5.91 Å². The Hall–Kier alpha value is -2.61. The first kappa shape index (κ1) is 19.2. The summed E-state index contributed by atoms with van der Waals surface area (Å²) in [4.78, 5) is 27.1. The minimum atomic E-state index is -1.25. The van der Waals surface area contributed by atoms with E-state index in [-0.39, 0.29) is 0 Å². The fourth-order valence-corrected chi connectivity index (χ4v) is 3.90. The molecule has 0 bridgehead atoms. The molecule has 0 unspecified atom stereocenters. The van der Waals surface area contributed by atoms with Crippen molar-refractivity contribution in [1.29, 1.82) is 0 Å². The Morgan fingerprint density at radius 1 is 1.30 bits per heavy atom. The van der Waals surface area contributed by atoms with E-state index in [4.69, 9.17) is 4.74 Å². The number of esters is 1. The normalized spacial score (nSPS) is 16.4. The van der Waals surface area contributed by atoms with Crippen molar-refractivity contribution in [2.24, 2.45) is 0 Å². The van der Waals surface area contributed by atoms with Gasteiger partial charge < -0.3 is 14.7 Å². The van der Waals surface area contributed by atoms with Crippen molar-refractivity contribution in [2.75, 3.05) is 18.1 Å². The molecule has 0 fully saturated rings. The number of aromatic hydroxyl groups is 1. The Kier molecular flexibility index (Phi) is 5.65. The molecular formula is C19H17F2NO4S. The molecule has 27 heavy (non-hydrogen) atoms. The van der Waals surface area contributed by atoms with Crippen LogP contribution in [0.4, 0.5) is 14.5 Å². The zero-order valence-corrected chi connectivity index (χ0v) is 15.3. The standard InChI is InChI=1S/C19H17F2NO4S/c1-11-6-7-22(14-4-2-3-5-16(14)27-11)17(24)10-26-19(25)18-13(21)8-12(20)9-15(18)23/h2-5,8-9,11,23H,6-7,10H2,1H3/t11-/m1/s1. The second-order valence-electron chi connectivity index (χ2n) is 6.09. The van der Waals surface area contributed by atoms with E-state index in [1.807, 2.05) is 24.3 Å². The molecule has 0 spiro atoms. The van der Waals surface area contributed by atoms with Gasteiger partial charge in [-0.25, -0.2) is 13.6 Å². The number of carbonyl (C=O) groups is 2. The first-order valence-electron chi connectivity index (χ1n) is 8.28. The quantitative estimate of drug-likeness (QED) is 0.805. The van der Waals surface area contributed by atoms with Gasteiger partial charge in [0.05, 0.1) is 5.69 Å². The molecule has 1 aliphatic heterocycles. The predicted octanol–water partition coefficient (Wildman–Crippen LogP) is 3.74. The molecule has 0 saturated carbocycles. The van der Waals surface area contributed by atoms with Crippen molar-refractivity contribution in [3.05, 3.63) is 53.6 Å². The van der Waals surface area contributed by atoms with Gasteiger partial charge >= 0.3 is 5.97 Å². The first-order valence-corrected chi connectivity index (χ1v) is 9.16. The first-order chi connectivity index (χ1) is 12.9. The number of nitrogens with zero attached hydrogens (tertiary/aromatic N) is 1. The maximum atomic E-state index is 13.7. The minimum Gasteiger partial charge on any atom is -0.507 e. The number of benzene rings is 2. The molecule has 3 rings (SSSR count). The largest absolute Gasteiger partial charge is 0.507 e. The van der Waals surface area contributed by atoms with E-state index in [1.165, 1.54) is 4.90 Å². The van der Waals surface area contributed by atoms with Crippen molar-refractivity contribution in [3.8, 4) is 5.75 Å². The van der Waals surface area contributed by atoms with E-state index in [2.05, 4.69) is 6.92 Å². The van der Waals surface area contributed by atoms with Gasteiger partial charge in [-0.05, 0) is 18.6 Å². The number of anilines is 1. The Bertz CT molecular complexity index is 867. The summed E-state index contributed by atoms with van der Waals surface area (Å²) in [5.41, 5.74) is -0.0756. The lowest BCUT2D eigenvalue weighted by atomic mass is 10.2. The number of phenols is 1. The number of fused-ring (bicyclic) bond motifs is 1. The third-order valence-corrected chi connectivity index (χ3v) is 5.35. The van der Waals surface area contributed by atoms with Crippen LogP contribution in [0, 0.1) is 11.6 Å². The summed E-state index contributed by atoms with van der Waals surface area (Å²) < 4.78 is 31.6. The zero-order chi connectivity index (χ0) is 19.6. The molecule has 1 heterocycles. The number of carbonyl (C=O) groups excluding carboxylic acids is 2. The molecule has 1 atom stereocenters. The van der Waals surface area contributed by atoms with Crippen LogP contribution in [0.1, 0.15) is 23.7 Å². The van der Waals surface area contributed by atoms with Gasteiger partial charge in [-0.2, -0.15) is 0 Å². The summed E-state index contributed by atoms with van der Waals surface area (Å²) in [5, 5.41) is 9.89. The molecule has 0 saturated heterocycles. The van der Waals surface area contributed by atoms with E-state index in [0.29, 0.717) is 23.9 Å². The highest BCUT2D eigenvalue weighted by molar-refractivity contribution is 8.00. The van der Waals surface area contributed by atoms with Crippen molar-refractivity contribution < 1.29 is 28.2 Å². The molecule has 2 aromatic rings. The summed E-state index contributed by atoms with van der Waals surface area (Å²) in [6, 6.07) is 8.48. The van der Waals surface area contributed by atoms with Crippen LogP contribution in [0.15, 0.2) is 41.3 Å². The maximum Gasteiger partial charge on any atom is 0.345 e. The number of halogens is 2. The highest BCUT2D eigenvalue weighted by atomic mass is 32.2. The van der Waals surface area contributed by atoms with E-state index in [0.717, 1.165) is 17.0 Å². The number of hydrogen-bond donors (Lipinski definition) is 1. The maximum absolute atomic E-state index is 13.7. The molecule has 5 nitrogen and oxygen atoms in total. The lowest BCUT2D eigenvalue weighted by Gasteiger charge is -2.22. The van der Waals surface area contributed by atoms with Gasteiger partial charge in [-0.3, -0.25) is 4.79 Å². The van der Waals surface area contributed by atoms with Crippen molar-refractivity contribution in [3.63, 3.8) is 0 Å². The average molecular weight is 393 g/mol. The smallest absolute Gasteiger partial charge is 0.345 e. The monoisotopic (exact) mass is 393 g/mol. The minimum absolute atomic E-state index is 0.316. The lowest BCUT2D eigenvalue weighted by Crippen LogP contribution is -2.35. The van der Waals surface area contributed by atoms with Crippen LogP contribution in [0.25, 0.3) is 0 Å². The zero-order valence-electron chi connectivity index (χ0n) is 14.4. The number of thioether (sulfide) groups is 1. The van der Waals surface area contributed by atoms with Gasteiger partial charge in [0.1, 0.15) is 22.9 Å². The predicted molar refractivity (Wildman–Crippen MR) is 97.0 cm³/mol. The van der Waals surface area contributed by atoms with E-state index in [9.17, 15) is 23.5 Å². The molecule has 142 valence electrons. The summed E-state index contributed by atoms with van der Waals surface area (Å²) in [7, 11) is 0. The SMILES string of the molecule is C[C@@H]1CCN(C(=O)COC(=O)c2c(O)cc(F)cc2F)c2ccccc2S1. The number of ether oxygens (including phenoxy) is 1. The van der Waals surface area contributed by atoms with Crippen molar-refractivity contribution >= 4 is 29.3 Å². The second kappa shape index (κ2) is 7.96. The van der Waals surface area contributed by atoms with Crippen LogP contribution in [0.5, 0.6) is 5.75 Å². The third-order valence-electron chi connectivity index (χ3n) is 4.11. The molecular weight excluding hydrogens is 376 g/mol. The number of rotatable bonds is 3.